The Hall–Kier alpha value is -2.39. The van der Waals surface area contributed by atoms with Gasteiger partial charge in [-0.15, -0.1) is 11.8 Å². The van der Waals surface area contributed by atoms with Gasteiger partial charge in [0.05, 0.1) is 23.8 Å². The quantitative estimate of drug-likeness (QED) is 0.283. The molecule has 0 bridgehead atoms. The van der Waals surface area contributed by atoms with Crippen LogP contribution in [0.4, 0.5) is 4.39 Å². The van der Waals surface area contributed by atoms with Gasteiger partial charge in [-0.05, 0) is 74.0 Å². The Labute approximate surface area is 225 Å². The number of ether oxygens (including phenoxy) is 1. The standard InChI is InChI=1S/C28H32ClFN2O4S/c1-36-21-6-7-25-23(15-21)28(24(29)16-31-25)26(33)8-5-18-9-10-32(17-19(18)13-27(34)35)11-12-37-22-4-2-3-20(30)14-22/h2-4,6-7,14-16,18-19,26,33H,5,8-13,17H2,1H3,(H,34,35). The van der Waals surface area contributed by atoms with Gasteiger partial charge in [-0.25, -0.2) is 4.39 Å². The van der Waals surface area contributed by atoms with Crippen molar-refractivity contribution in [2.75, 3.05) is 32.5 Å². The molecule has 0 aliphatic carbocycles. The van der Waals surface area contributed by atoms with E-state index in [0.29, 0.717) is 35.7 Å². The summed E-state index contributed by atoms with van der Waals surface area (Å²) in [5, 5.41) is 21.8. The van der Waals surface area contributed by atoms with Crippen LogP contribution in [0.3, 0.4) is 0 Å². The number of fused-ring (bicyclic) bond motifs is 1. The Morgan fingerprint density at radius 1 is 1.30 bits per heavy atom. The van der Waals surface area contributed by atoms with Crippen molar-refractivity contribution in [1.82, 2.24) is 9.88 Å². The van der Waals surface area contributed by atoms with Crippen molar-refractivity contribution < 1.29 is 24.1 Å². The fourth-order valence-corrected chi connectivity index (χ4v) is 6.43. The van der Waals surface area contributed by atoms with Gasteiger partial charge in [0.25, 0.3) is 0 Å². The second-order valence-corrected chi connectivity index (χ2v) is 11.1. The number of benzene rings is 2. The number of nitrogens with zero attached hydrogens (tertiary/aromatic N) is 2. The Kier molecular flexibility index (Phi) is 9.65. The second-order valence-electron chi connectivity index (χ2n) is 9.51. The van der Waals surface area contributed by atoms with Gasteiger partial charge in [0.15, 0.2) is 0 Å². The highest BCUT2D eigenvalue weighted by molar-refractivity contribution is 7.99. The molecule has 2 aromatic carbocycles. The number of thioether (sulfide) groups is 1. The number of hydrogen-bond donors (Lipinski definition) is 2. The molecule has 3 atom stereocenters. The van der Waals surface area contributed by atoms with Crippen LogP contribution in [-0.2, 0) is 4.79 Å². The van der Waals surface area contributed by atoms with Gasteiger partial charge < -0.3 is 19.8 Å². The monoisotopic (exact) mass is 546 g/mol. The molecule has 3 unspecified atom stereocenters. The van der Waals surface area contributed by atoms with Crippen LogP contribution in [0, 0.1) is 17.7 Å². The molecule has 6 nitrogen and oxygen atoms in total. The number of hydrogen-bond acceptors (Lipinski definition) is 6. The fourth-order valence-electron chi connectivity index (χ4n) is 5.19. The molecule has 1 aromatic heterocycles. The van der Waals surface area contributed by atoms with Gasteiger partial charge in [-0.1, -0.05) is 17.7 Å². The molecule has 4 rings (SSSR count). The maximum Gasteiger partial charge on any atom is 0.303 e. The third kappa shape index (κ3) is 7.35. The van der Waals surface area contributed by atoms with E-state index in [9.17, 15) is 19.4 Å². The van der Waals surface area contributed by atoms with Crippen LogP contribution in [0.25, 0.3) is 10.9 Å². The van der Waals surface area contributed by atoms with E-state index in [2.05, 4.69) is 9.88 Å². The Balaban J connectivity index is 1.37. The second kappa shape index (κ2) is 12.9. The van der Waals surface area contributed by atoms with Gasteiger partial charge in [0.1, 0.15) is 11.6 Å². The molecule has 3 aromatic rings. The van der Waals surface area contributed by atoms with E-state index in [1.54, 1.807) is 31.1 Å². The number of halogens is 2. The number of likely N-dealkylation sites (tertiary alicyclic amines) is 1. The molecule has 198 valence electrons. The number of aliphatic hydroxyl groups is 1. The molecule has 9 heteroatoms. The van der Waals surface area contributed by atoms with Crippen LogP contribution < -0.4 is 4.74 Å². The number of aromatic nitrogens is 1. The summed E-state index contributed by atoms with van der Waals surface area (Å²) in [5.74, 6) is 0.622. The first-order valence-electron chi connectivity index (χ1n) is 12.5. The smallest absolute Gasteiger partial charge is 0.303 e. The molecular formula is C28H32ClFN2O4S. The third-order valence-corrected chi connectivity index (χ3v) is 8.37. The lowest BCUT2D eigenvalue weighted by Gasteiger charge is -2.38. The summed E-state index contributed by atoms with van der Waals surface area (Å²) in [4.78, 5) is 19.2. The first kappa shape index (κ1) is 27.6. The molecule has 0 spiro atoms. The molecule has 1 saturated heterocycles. The summed E-state index contributed by atoms with van der Waals surface area (Å²) >= 11 is 8.07. The number of carboxylic acids is 1. The average Bonchev–Trinajstić information content (AvgIpc) is 2.87. The zero-order valence-corrected chi connectivity index (χ0v) is 22.3. The lowest BCUT2D eigenvalue weighted by atomic mass is 9.79. The van der Waals surface area contributed by atoms with Gasteiger partial charge in [0, 0.05) is 47.3 Å². The summed E-state index contributed by atoms with van der Waals surface area (Å²) < 4.78 is 18.8. The zero-order valence-electron chi connectivity index (χ0n) is 20.8. The van der Waals surface area contributed by atoms with E-state index in [-0.39, 0.29) is 24.1 Å². The van der Waals surface area contributed by atoms with Crippen LogP contribution in [-0.4, -0.2) is 58.6 Å². The van der Waals surface area contributed by atoms with Crippen molar-refractivity contribution in [3.05, 3.63) is 65.1 Å². The maximum absolute atomic E-state index is 13.4. The molecule has 1 aliphatic rings. The largest absolute Gasteiger partial charge is 0.497 e. The Morgan fingerprint density at radius 2 is 2.14 bits per heavy atom. The fraction of sp³-hybridized carbons (Fsp3) is 0.429. The van der Waals surface area contributed by atoms with Crippen molar-refractivity contribution in [1.29, 1.82) is 0 Å². The minimum absolute atomic E-state index is 0.00219. The third-order valence-electron chi connectivity index (χ3n) is 7.10. The normalized spacial score (nSPS) is 19.1. The van der Waals surface area contributed by atoms with Crippen LogP contribution in [0.15, 0.2) is 53.6 Å². The van der Waals surface area contributed by atoms with Crippen LogP contribution in [0.1, 0.15) is 37.4 Å². The van der Waals surface area contributed by atoms with Gasteiger partial charge in [-0.2, -0.15) is 0 Å². The molecule has 2 N–H and O–H groups in total. The highest BCUT2D eigenvalue weighted by Gasteiger charge is 2.31. The molecule has 0 amide bonds. The summed E-state index contributed by atoms with van der Waals surface area (Å²) in [6.45, 7) is 2.39. The summed E-state index contributed by atoms with van der Waals surface area (Å²) in [6, 6.07) is 12.1. The molecule has 37 heavy (non-hydrogen) atoms. The molecule has 0 saturated carbocycles. The Morgan fingerprint density at radius 3 is 2.89 bits per heavy atom. The van der Waals surface area contributed by atoms with E-state index in [1.165, 1.54) is 12.1 Å². The summed E-state index contributed by atoms with van der Waals surface area (Å²) in [6.07, 6.45) is 2.92. The van der Waals surface area contributed by atoms with E-state index in [0.717, 1.165) is 41.1 Å². The predicted molar refractivity (Wildman–Crippen MR) is 145 cm³/mol. The molecule has 1 fully saturated rings. The van der Waals surface area contributed by atoms with Gasteiger partial charge in [0.2, 0.25) is 0 Å². The number of carbonyl (C=O) groups is 1. The lowest BCUT2D eigenvalue weighted by Crippen LogP contribution is -2.42. The lowest BCUT2D eigenvalue weighted by molar-refractivity contribution is -0.139. The van der Waals surface area contributed by atoms with Crippen LogP contribution >= 0.6 is 23.4 Å². The number of rotatable bonds is 11. The average molecular weight is 547 g/mol. The molecule has 1 aliphatic heterocycles. The van der Waals surface area contributed by atoms with E-state index < -0.39 is 12.1 Å². The number of piperidine rings is 1. The number of carboxylic acid groups (broad SMARTS) is 1. The summed E-state index contributed by atoms with van der Waals surface area (Å²) in [7, 11) is 1.59. The van der Waals surface area contributed by atoms with E-state index in [4.69, 9.17) is 16.3 Å². The van der Waals surface area contributed by atoms with E-state index in [1.807, 2.05) is 24.3 Å². The number of aliphatic carboxylic acids is 1. The number of methoxy groups -OCH3 is 1. The first-order valence-corrected chi connectivity index (χ1v) is 13.8. The molecule has 2 heterocycles. The minimum Gasteiger partial charge on any atom is -0.497 e. The highest BCUT2D eigenvalue weighted by atomic mass is 35.5. The van der Waals surface area contributed by atoms with Gasteiger partial charge >= 0.3 is 5.97 Å². The predicted octanol–water partition coefficient (Wildman–Crippen LogP) is 6.05. The maximum atomic E-state index is 13.4. The van der Waals surface area contributed by atoms with E-state index >= 15 is 0 Å². The van der Waals surface area contributed by atoms with Crippen molar-refractivity contribution in [3.8, 4) is 5.75 Å². The topological polar surface area (TPSA) is 82.9 Å². The van der Waals surface area contributed by atoms with Crippen molar-refractivity contribution in [2.24, 2.45) is 11.8 Å². The SMILES string of the molecule is COc1ccc2ncc(Cl)c(C(O)CCC3CCN(CCSc4cccc(F)c4)CC3CC(=O)O)c2c1. The van der Waals surface area contributed by atoms with Gasteiger partial charge in [-0.3, -0.25) is 9.78 Å². The first-order chi connectivity index (χ1) is 17.8. The highest BCUT2D eigenvalue weighted by Crippen LogP contribution is 2.37. The molecular weight excluding hydrogens is 515 g/mol. The number of aliphatic hydroxyl groups excluding tert-OH is 1. The van der Waals surface area contributed by atoms with Crippen LogP contribution in [0.5, 0.6) is 5.75 Å². The van der Waals surface area contributed by atoms with Crippen LogP contribution in [0.2, 0.25) is 5.02 Å². The van der Waals surface area contributed by atoms with Crippen molar-refractivity contribution in [3.63, 3.8) is 0 Å². The molecule has 0 radical (unpaired) electrons. The Bertz CT molecular complexity index is 1230. The minimum atomic E-state index is -0.804. The van der Waals surface area contributed by atoms with Crippen molar-refractivity contribution in [2.45, 2.75) is 36.7 Å². The zero-order chi connectivity index (χ0) is 26.4. The number of pyridine rings is 1. The summed E-state index contributed by atoms with van der Waals surface area (Å²) in [5.41, 5.74) is 1.36. The van der Waals surface area contributed by atoms with Crippen molar-refractivity contribution >= 4 is 40.2 Å².